The highest BCUT2D eigenvalue weighted by Gasteiger charge is 2.51. The summed E-state index contributed by atoms with van der Waals surface area (Å²) < 4.78 is 38.7. The number of piperidine rings is 1. The fourth-order valence-electron chi connectivity index (χ4n) is 2.91. The van der Waals surface area contributed by atoms with Crippen molar-refractivity contribution < 1.29 is 18.0 Å². The Morgan fingerprint density at radius 2 is 1.95 bits per heavy atom. The van der Waals surface area contributed by atoms with Gasteiger partial charge in [-0.3, -0.25) is 9.69 Å². The molecule has 3 nitrogen and oxygen atoms in total. The number of halogens is 3. The van der Waals surface area contributed by atoms with Gasteiger partial charge in [-0.25, -0.2) is 0 Å². The molecule has 2 fully saturated rings. The molecule has 0 radical (unpaired) electrons. The molecule has 0 spiro atoms. The maximum Gasteiger partial charge on any atom is 0.392 e. The van der Waals surface area contributed by atoms with Gasteiger partial charge in [-0.1, -0.05) is 13.8 Å². The number of rotatable bonds is 3. The smallest absolute Gasteiger partial charge is 0.352 e. The minimum Gasteiger partial charge on any atom is -0.352 e. The van der Waals surface area contributed by atoms with Crippen LogP contribution in [0.3, 0.4) is 0 Å². The molecule has 6 heteroatoms. The fourth-order valence-corrected chi connectivity index (χ4v) is 2.91. The SMILES string of the molecule is CC1(C)CN(CC(=O)NC2CC2)CC[C@@H]1C(F)(F)F. The summed E-state index contributed by atoms with van der Waals surface area (Å²) in [7, 11) is 0. The summed E-state index contributed by atoms with van der Waals surface area (Å²) >= 11 is 0. The molecule has 0 aromatic heterocycles. The molecule has 110 valence electrons. The van der Waals surface area contributed by atoms with Gasteiger partial charge in [0.15, 0.2) is 0 Å². The van der Waals surface area contributed by atoms with Crippen molar-refractivity contribution in [1.82, 2.24) is 10.2 Å². The summed E-state index contributed by atoms with van der Waals surface area (Å²) in [6.07, 6.45) is -2.03. The number of nitrogens with zero attached hydrogens (tertiary/aromatic N) is 1. The summed E-state index contributed by atoms with van der Waals surface area (Å²) in [6, 6.07) is 0.299. The van der Waals surface area contributed by atoms with Crippen LogP contribution in [0.2, 0.25) is 0 Å². The highest BCUT2D eigenvalue weighted by Crippen LogP contribution is 2.44. The molecule has 1 amide bonds. The van der Waals surface area contributed by atoms with Gasteiger partial charge in [0.1, 0.15) is 0 Å². The van der Waals surface area contributed by atoms with E-state index in [9.17, 15) is 18.0 Å². The van der Waals surface area contributed by atoms with E-state index in [4.69, 9.17) is 0 Å². The van der Waals surface area contributed by atoms with Crippen LogP contribution in [0.5, 0.6) is 0 Å². The standard InChI is InChI=1S/C13H21F3N2O/c1-12(2)8-18(6-5-10(12)13(14,15)16)7-11(19)17-9-3-4-9/h9-10H,3-8H2,1-2H3,(H,17,19)/t10-/m0/s1. The lowest BCUT2D eigenvalue weighted by molar-refractivity contribution is -0.216. The van der Waals surface area contributed by atoms with E-state index in [1.54, 1.807) is 13.8 Å². The molecule has 2 rings (SSSR count). The molecule has 2 aliphatic rings. The molecule has 1 saturated heterocycles. The molecule has 1 aliphatic carbocycles. The third-order valence-electron chi connectivity index (χ3n) is 4.01. The van der Waals surface area contributed by atoms with E-state index in [0.29, 0.717) is 19.1 Å². The van der Waals surface area contributed by atoms with Crippen molar-refractivity contribution in [3.05, 3.63) is 0 Å². The highest BCUT2D eigenvalue weighted by atomic mass is 19.4. The number of likely N-dealkylation sites (tertiary alicyclic amines) is 1. The molecule has 0 bridgehead atoms. The molecular formula is C13H21F3N2O. The van der Waals surface area contributed by atoms with E-state index in [1.165, 1.54) is 0 Å². The second kappa shape index (κ2) is 4.96. The molecule has 1 heterocycles. The number of carbonyl (C=O) groups excluding carboxylic acids is 1. The Kier molecular flexibility index (Phi) is 3.82. The van der Waals surface area contributed by atoms with Crippen LogP contribution >= 0.6 is 0 Å². The lowest BCUT2D eigenvalue weighted by Crippen LogP contribution is -2.52. The first-order valence-electron chi connectivity index (χ1n) is 6.77. The largest absolute Gasteiger partial charge is 0.392 e. The Morgan fingerprint density at radius 3 is 2.42 bits per heavy atom. The summed E-state index contributed by atoms with van der Waals surface area (Å²) in [5, 5.41) is 2.87. The van der Waals surface area contributed by atoms with Crippen molar-refractivity contribution >= 4 is 5.91 Å². The van der Waals surface area contributed by atoms with E-state index in [2.05, 4.69) is 5.32 Å². The number of hydrogen-bond donors (Lipinski definition) is 1. The van der Waals surface area contributed by atoms with Gasteiger partial charge in [-0.2, -0.15) is 13.2 Å². The Labute approximate surface area is 111 Å². The molecule has 1 saturated carbocycles. The van der Waals surface area contributed by atoms with Crippen molar-refractivity contribution in [3.63, 3.8) is 0 Å². The normalized spacial score (nSPS) is 28.2. The predicted molar refractivity (Wildman–Crippen MR) is 65.5 cm³/mol. The van der Waals surface area contributed by atoms with Crippen LogP contribution in [0.15, 0.2) is 0 Å². The number of amides is 1. The van der Waals surface area contributed by atoms with Crippen molar-refractivity contribution in [2.75, 3.05) is 19.6 Å². The molecule has 0 aromatic rings. The van der Waals surface area contributed by atoms with Gasteiger partial charge in [0.05, 0.1) is 12.5 Å². The zero-order valence-corrected chi connectivity index (χ0v) is 11.4. The summed E-state index contributed by atoms with van der Waals surface area (Å²) in [4.78, 5) is 13.5. The second-order valence-corrected chi connectivity index (χ2v) is 6.42. The van der Waals surface area contributed by atoms with Crippen molar-refractivity contribution in [2.45, 2.75) is 45.3 Å². The molecule has 19 heavy (non-hydrogen) atoms. The topological polar surface area (TPSA) is 32.3 Å². The van der Waals surface area contributed by atoms with Crippen LogP contribution in [-0.2, 0) is 4.79 Å². The lowest BCUT2D eigenvalue weighted by atomic mass is 9.73. The third-order valence-corrected chi connectivity index (χ3v) is 4.01. The Balaban J connectivity index is 1.88. The van der Waals surface area contributed by atoms with Gasteiger partial charge in [-0.15, -0.1) is 0 Å². The molecule has 0 aromatic carbocycles. The van der Waals surface area contributed by atoms with Crippen molar-refractivity contribution in [1.29, 1.82) is 0 Å². The van der Waals surface area contributed by atoms with Gasteiger partial charge in [0.25, 0.3) is 0 Å². The van der Waals surface area contributed by atoms with Gasteiger partial charge in [-0.05, 0) is 31.2 Å². The fraction of sp³-hybridized carbons (Fsp3) is 0.923. The Hall–Kier alpha value is -0.780. The Bertz CT molecular complexity index is 350. The number of hydrogen-bond acceptors (Lipinski definition) is 2. The van der Waals surface area contributed by atoms with Crippen molar-refractivity contribution in [3.8, 4) is 0 Å². The summed E-state index contributed by atoms with van der Waals surface area (Å²) in [5.41, 5.74) is -0.837. The van der Waals surface area contributed by atoms with E-state index in [-0.39, 0.29) is 18.9 Å². The number of nitrogens with one attached hydrogen (secondary N) is 1. The van der Waals surface area contributed by atoms with Crippen LogP contribution in [0.1, 0.15) is 33.1 Å². The quantitative estimate of drug-likeness (QED) is 0.858. The number of alkyl halides is 3. The van der Waals surface area contributed by atoms with Gasteiger partial charge in [0.2, 0.25) is 5.91 Å². The minimum atomic E-state index is -4.15. The zero-order valence-electron chi connectivity index (χ0n) is 11.4. The molecular weight excluding hydrogens is 257 g/mol. The zero-order chi connectivity index (χ0) is 14.3. The molecule has 1 N–H and O–H groups in total. The molecule has 0 unspecified atom stereocenters. The Morgan fingerprint density at radius 1 is 1.32 bits per heavy atom. The first kappa shape index (κ1) is 14.6. The minimum absolute atomic E-state index is 0.0660. The summed E-state index contributed by atoms with van der Waals surface area (Å²) in [6.45, 7) is 4.14. The van der Waals surface area contributed by atoms with Gasteiger partial charge < -0.3 is 5.32 Å². The average molecular weight is 278 g/mol. The van der Waals surface area contributed by atoms with E-state index < -0.39 is 17.5 Å². The maximum atomic E-state index is 12.9. The monoisotopic (exact) mass is 278 g/mol. The average Bonchev–Trinajstić information content (AvgIpc) is 2.97. The molecule has 1 atom stereocenters. The van der Waals surface area contributed by atoms with Gasteiger partial charge in [0, 0.05) is 12.6 Å². The van der Waals surface area contributed by atoms with Crippen LogP contribution in [0, 0.1) is 11.3 Å². The van der Waals surface area contributed by atoms with E-state index in [0.717, 1.165) is 12.8 Å². The maximum absolute atomic E-state index is 12.9. The van der Waals surface area contributed by atoms with Crippen molar-refractivity contribution in [2.24, 2.45) is 11.3 Å². The van der Waals surface area contributed by atoms with E-state index in [1.807, 2.05) is 4.90 Å². The third kappa shape index (κ3) is 3.84. The molecule has 1 aliphatic heterocycles. The summed E-state index contributed by atoms with van der Waals surface area (Å²) in [5.74, 6) is -1.34. The highest BCUT2D eigenvalue weighted by molar-refractivity contribution is 5.78. The second-order valence-electron chi connectivity index (χ2n) is 6.42. The first-order valence-corrected chi connectivity index (χ1v) is 6.77. The number of carbonyl (C=O) groups is 1. The van der Waals surface area contributed by atoms with Crippen LogP contribution in [-0.4, -0.2) is 42.7 Å². The van der Waals surface area contributed by atoms with Crippen LogP contribution in [0.25, 0.3) is 0 Å². The van der Waals surface area contributed by atoms with Crippen LogP contribution < -0.4 is 5.32 Å². The van der Waals surface area contributed by atoms with Crippen LogP contribution in [0.4, 0.5) is 13.2 Å². The lowest BCUT2D eigenvalue weighted by Gasteiger charge is -2.44. The predicted octanol–water partition coefficient (Wildman–Crippen LogP) is 2.18. The van der Waals surface area contributed by atoms with Gasteiger partial charge >= 0.3 is 6.18 Å². The van der Waals surface area contributed by atoms with E-state index >= 15 is 0 Å². The first-order chi connectivity index (χ1) is 8.68.